The maximum atomic E-state index is 12.6. The van der Waals surface area contributed by atoms with Crippen molar-refractivity contribution in [3.63, 3.8) is 0 Å². The maximum absolute atomic E-state index is 12.6. The number of benzene rings is 1. The molecule has 0 saturated heterocycles. The first kappa shape index (κ1) is 17.8. The minimum Gasteiger partial charge on any atom is -0.369 e. The van der Waals surface area contributed by atoms with Crippen molar-refractivity contribution in [1.82, 2.24) is 0 Å². The van der Waals surface area contributed by atoms with Crippen LogP contribution in [0.2, 0.25) is 0 Å². The smallest absolute Gasteiger partial charge is 0.253 e. The standard InChI is InChI=1S/C17H18N4O2S/c1-10-13(8-18)17(24-9-14(19)22)20-11(2)15(10)16(23)21-12-6-4-3-5-7-12/h3-7,10,13H,9H2,1-2H3,(H2,19,22)(H,21,23)/t10-,13?/m1/s1. The predicted molar refractivity (Wildman–Crippen MR) is 95.1 cm³/mol. The molecular weight excluding hydrogens is 324 g/mol. The number of hydrogen-bond acceptors (Lipinski definition) is 5. The summed E-state index contributed by atoms with van der Waals surface area (Å²) in [5, 5.41) is 12.8. The zero-order chi connectivity index (χ0) is 17.7. The Hall–Kier alpha value is -2.59. The summed E-state index contributed by atoms with van der Waals surface area (Å²) in [6.07, 6.45) is 0. The Labute approximate surface area is 144 Å². The molecule has 0 aromatic heterocycles. The fraction of sp³-hybridized carbons (Fsp3) is 0.294. The van der Waals surface area contributed by atoms with Crippen molar-refractivity contribution < 1.29 is 9.59 Å². The number of allylic oxidation sites excluding steroid dienone is 1. The van der Waals surface area contributed by atoms with E-state index >= 15 is 0 Å². The van der Waals surface area contributed by atoms with Crippen molar-refractivity contribution in [2.75, 3.05) is 11.1 Å². The van der Waals surface area contributed by atoms with Crippen molar-refractivity contribution in [3.8, 4) is 6.07 Å². The quantitative estimate of drug-likeness (QED) is 0.875. The number of amides is 2. The number of nitriles is 1. The molecule has 1 aromatic carbocycles. The third-order valence-electron chi connectivity index (χ3n) is 3.67. The van der Waals surface area contributed by atoms with E-state index in [9.17, 15) is 14.9 Å². The first-order valence-corrected chi connectivity index (χ1v) is 8.39. The molecule has 0 radical (unpaired) electrons. The highest BCUT2D eigenvalue weighted by Gasteiger charge is 2.34. The van der Waals surface area contributed by atoms with Gasteiger partial charge in [0.2, 0.25) is 5.91 Å². The number of anilines is 1. The van der Waals surface area contributed by atoms with Gasteiger partial charge in [-0.2, -0.15) is 5.26 Å². The number of rotatable bonds is 4. The number of thioether (sulfide) groups is 1. The number of nitrogens with one attached hydrogen (secondary N) is 1. The SMILES string of the molecule is CC1=C(C(=O)Nc2ccccc2)[C@H](C)C(C#N)C(SCC(N)=O)=N1. The molecule has 124 valence electrons. The summed E-state index contributed by atoms with van der Waals surface area (Å²) in [6, 6.07) is 11.3. The van der Waals surface area contributed by atoms with Crippen molar-refractivity contribution in [2.24, 2.45) is 22.6 Å². The van der Waals surface area contributed by atoms with Crippen LogP contribution in [0.15, 0.2) is 46.6 Å². The average Bonchev–Trinajstić information content (AvgIpc) is 2.53. The van der Waals surface area contributed by atoms with Gasteiger partial charge in [-0.25, -0.2) is 4.99 Å². The number of carbonyl (C=O) groups is 2. The molecule has 0 spiro atoms. The van der Waals surface area contributed by atoms with Crippen molar-refractivity contribution in [2.45, 2.75) is 13.8 Å². The summed E-state index contributed by atoms with van der Waals surface area (Å²) in [4.78, 5) is 27.9. The molecule has 0 bridgehead atoms. The summed E-state index contributed by atoms with van der Waals surface area (Å²) < 4.78 is 0. The second-order valence-electron chi connectivity index (χ2n) is 5.42. The number of para-hydroxylation sites is 1. The molecular formula is C17H18N4O2S. The van der Waals surface area contributed by atoms with Crippen LogP contribution in [0.5, 0.6) is 0 Å². The minimum atomic E-state index is -0.574. The average molecular weight is 342 g/mol. The fourth-order valence-corrected chi connectivity index (χ4v) is 3.46. The van der Waals surface area contributed by atoms with Gasteiger partial charge in [0.15, 0.2) is 0 Å². The van der Waals surface area contributed by atoms with Crippen LogP contribution in [0.1, 0.15) is 13.8 Å². The molecule has 1 aliphatic heterocycles. The van der Waals surface area contributed by atoms with E-state index in [0.29, 0.717) is 22.0 Å². The molecule has 0 fully saturated rings. The van der Waals surface area contributed by atoms with E-state index in [1.807, 2.05) is 25.1 Å². The molecule has 0 aliphatic carbocycles. The number of nitrogens with two attached hydrogens (primary N) is 1. The highest BCUT2D eigenvalue weighted by molar-refractivity contribution is 8.14. The van der Waals surface area contributed by atoms with Gasteiger partial charge >= 0.3 is 0 Å². The maximum Gasteiger partial charge on any atom is 0.253 e. The Morgan fingerprint density at radius 2 is 2.04 bits per heavy atom. The molecule has 0 saturated carbocycles. The van der Waals surface area contributed by atoms with Gasteiger partial charge in [-0.05, 0) is 19.1 Å². The lowest BCUT2D eigenvalue weighted by atomic mass is 9.85. The van der Waals surface area contributed by atoms with Crippen molar-refractivity contribution >= 4 is 34.3 Å². The van der Waals surface area contributed by atoms with E-state index in [0.717, 1.165) is 11.8 Å². The number of aliphatic imine (C=N–C) groups is 1. The lowest BCUT2D eigenvalue weighted by Gasteiger charge is -2.27. The van der Waals surface area contributed by atoms with E-state index in [2.05, 4.69) is 16.4 Å². The molecule has 3 N–H and O–H groups in total. The Morgan fingerprint density at radius 3 is 2.62 bits per heavy atom. The van der Waals surface area contributed by atoms with Gasteiger partial charge in [0.05, 0.1) is 16.9 Å². The molecule has 2 rings (SSSR count). The van der Waals surface area contributed by atoms with Crippen LogP contribution in [0.3, 0.4) is 0 Å². The number of carbonyl (C=O) groups excluding carboxylic acids is 2. The Kier molecular flexibility index (Phi) is 5.77. The van der Waals surface area contributed by atoms with Crippen LogP contribution in [0, 0.1) is 23.2 Å². The monoisotopic (exact) mass is 342 g/mol. The first-order chi connectivity index (χ1) is 11.4. The lowest BCUT2D eigenvalue weighted by Crippen LogP contribution is -2.31. The number of nitrogens with zero attached hydrogens (tertiary/aromatic N) is 2. The van der Waals surface area contributed by atoms with Gasteiger partial charge in [-0.1, -0.05) is 36.9 Å². The zero-order valence-corrected chi connectivity index (χ0v) is 14.3. The van der Waals surface area contributed by atoms with Crippen LogP contribution in [0.25, 0.3) is 0 Å². The van der Waals surface area contributed by atoms with Gasteiger partial charge in [0.25, 0.3) is 5.91 Å². The normalized spacial score (nSPS) is 20.1. The third-order valence-corrected chi connectivity index (χ3v) is 4.74. The predicted octanol–water partition coefficient (Wildman–Crippen LogP) is 2.31. The summed E-state index contributed by atoms with van der Waals surface area (Å²) in [5.41, 5.74) is 6.87. The summed E-state index contributed by atoms with van der Waals surface area (Å²) in [6.45, 7) is 3.55. The van der Waals surface area contributed by atoms with Crippen LogP contribution in [0.4, 0.5) is 5.69 Å². The Balaban J connectivity index is 2.27. The molecule has 1 aromatic rings. The zero-order valence-electron chi connectivity index (χ0n) is 13.4. The minimum absolute atomic E-state index is 0.0581. The first-order valence-electron chi connectivity index (χ1n) is 7.40. The van der Waals surface area contributed by atoms with E-state index in [1.165, 1.54) is 0 Å². The number of primary amides is 1. The van der Waals surface area contributed by atoms with Crippen molar-refractivity contribution in [3.05, 3.63) is 41.6 Å². The Morgan fingerprint density at radius 1 is 1.38 bits per heavy atom. The van der Waals surface area contributed by atoms with Crippen LogP contribution in [-0.2, 0) is 9.59 Å². The molecule has 2 atom stereocenters. The second-order valence-corrected chi connectivity index (χ2v) is 6.42. The molecule has 2 amide bonds. The second kappa shape index (κ2) is 7.79. The molecule has 7 heteroatoms. The van der Waals surface area contributed by atoms with Gasteiger partial charge < -0.3 is 11.1 Å². The molecule has 24 heavy (non-hydrogen) atoms. The van der Waals surface area contributed by atoms with Crippen LogP contribution >= 0.6 is 11.8 Å². The summed E-state index contributed by atoms with van der Waals surface area (Å²) >= 11 is 1.15. The molecule has 1 unspecified atom stereocenters. The van der Waals surface area contributed by atoms with Gasteiger partial charge in [-0.3, -0.25) is 9.59 Å². The van der Waals surface area contributed by atoms with E-state index in [-0.39, 0.29) is 17.6 Å². The number of hydrogen-bond donors (Lipinski definition) is 2. The topological polar surface area (TPSA) is 108 Å². The van der Waals surface area contributed by atoms with E-state index < -0.39 is 11.8 Å². The highest BCUT2D eigenvalue weighted by Crippen LogP contribution is 2.34. The Bertz CT molecular complexity index is 750. The van der Waals surface area contributed by atoms with Gasteiger partial charge in [0, 0.05) is 22.9 Å². The largest absolute Gasteiger partial charge is 0.369 e. The van der Waals surface area contributed by atoms with E-state index in [4.69, 9.17) is 5.73 Å². The highest BCUT2D eigenvalue weighted by atomic mass is 32.2. The third kappa shape index (κ3) is 4.03. The summed E-state index contributed by atoms with van der Waals surface area (Å²) in [5.74, 6) is -1.58. The van der Waals surface area contributed by atoms with Crippen LogP contribution in [-0.4, -0.2) is 22.6 Å². The van der Waals surface area contributed by atoms with Crippen LogP contribution < -0.4 is 11.1 Å². The molecule has 6 nitrogen and oxygen atoms in total. The molecule has 1 heterocycles. The van der Waals surface area contributed by atoms with Gasteiger partial charge in [-0.15, -0.1) is 0 Å². The molecule has 1 aliphatic rings. The lowest BCUT2D eigenvalue weighted by molar-refractivity contribution is -0.115. The van der Waals surface area contributed by atoms with Gasteiger partial charge in [0.1, 0.15) is 5.92 Å². The van der Waals surface area contributed by atoms with E-state index in [1.54, 1.807) is 19.1 Å². The fourth-order valence-electron chi connectivity index (χ4n) is 2.53. The van der Waals surface area contributed by atoms with Crippen molar-refractivity contribution in [1.29, 1.82) is 5.26 Å². The summed E-state index contributed by atoms with van der Waals surface area (Å²) in [7, 11) is 0.